The lowest BCUT2D eigenvalue weighted by atomic mass is 9.38. The molecule has 333 valence electrons. The first kappa shape index (κ1) is 31.3. The summed E-state index contributed by atoms with van der Waals surface area (Å²) in [5.41, 5.74) is 16.5. The van der Waals surface area contributed by atoms with Gasteiger partial charge in [-0.15, -0.1) is 0 Å². The summed E-state index contributed by atoms with van der Waals surface area (Å²) in [5.74, 6) is 8.44. The molecule has 5 radical (unpaired) electrons. The van der Waals surface area contributed by atoms with Crippen LogP contribution in [0.2, 0.25) is 0 Å². The predicted molar refractivity (Wildman–Crippen MR) is 324 cm³/mol. The van der Waals surface area contributed by atoms with Gasteiger partial charge in [-0.3, -0.25) is 0 Å². The largest absolute Gasteiger partial charge is 0.0622 e. The van der Waals surface area contributed by atoms with Crippen molar-refractivity contribution in [3.63, 3.8) is 0 Å². The van der Waals surface area contributed by atoms with Crippen LogP contribution in [0.3, 0.4) is 0 Å². The standard InChI is InChI=1S/C79H17/c1-4-10-17(11-5-1)16-77-68-58-48-42-28-26-21-20-22-24-25-23(20)31-33-27(21)29(28)43-45-44(42)56(58)63-67-57(45)59-49(43)47(33)51-37(31)39-35(25)41-40-34(24)38-36-30(22)32(26)46(48)50(36)60(68)62-52(38)53(40)65-66-55(41)54(39)64-61(51)69(59)78(18-12-6-2-7-13-18)73(64)74(66)79(72(65)70(62)77,19-14-8-3-9-15-19)76(71(63)77)75(67)78/h1-15H,16H2/t77-,78+,79-/m1/s1. The molecule has 1 saturated carbocycles. The summed E-state index contributed by atoms with van der Waals surface area (Å²) in [7, 11) is 0. The third kappa shape index (κ3) is 1.84. The lowest BCUT2D eigenvalue weighted by Gasteiger charge is -2.62. The minimum atomic E-state index is -0.516. The lowest BCUT2D eigenvalue weighted by Crippen LogP contribution is -2.58. The third-order valence-electron chi connectivity index (χ3n) is 27.5. The maximum Gasteiger partial charge on any atom is 0.0551 e. The van der Waals surface area contributed by atoms with Crippen molar-refractivity contribution in [2.75, 3.05) is 0 Å². The average molecular weight is 966 g/mol. The molecule has 9 aliphatic rings. The normalized spacial score (nSPS) is 24.9. The Labute approximate surface area is 438 Å². The molecule has 0 spiro atoms. The van der Waals surface area contributed by atoms with Gasteiger partial charge < -0.3 is 0 Å². The minimum Gasteiger partial charge on any atom is -0.0622 e. The third-order valence-corrected chi connectivity index (χ3v) is 27.5. The second-order valence-corrected chi connectivity index (χ2v) is 28.2. The number of benzene rings is 18. The highest BCUT2D eigenvalue weighted by molar-refractivity contribution is 6.78. The molecule has 3 atom stereocenters. The molecule has 26 aromatic rings. The van der Waals surface area contributed by atoms with E-state index in [1.54, 1.807) is 311 Å². The molecular formula is C79H17. The van der Waals surface area contributed by atoms with Crippen molar-refractivity contribution in [1.82, 2.24) is 0 Å². The minimum absolute atomic E-state index is 0.404. The van der Waals surface area contributed by atoms with Gasteiger partial charge in [-0.2, -0.15) is 0 Å². The van der Waals surface area contributed by atoms with E-state index in [1.165, 1.54) is 16.7 Å². The molecule has 0 heterocycles. The Bertz CT molecular complexity index is 7650. The Balaban J connectivity index is 1.09. The zero-order chi connectivity index (χ0) is 47.5. The average Bonchev–Trinajstić information content (AvgIpc) is 1.57. The fraction of sp³-hybridized carbons (Fsp3) is 0.0506. The van der Waals surface area contributed by atoms with Crippen LogP contribution in [-0.2, 0) is 22.7 Å². The molecule has 9 aliphatic carbocycles. The van der Waals surface area contributed by atoms with E-state index < -0.39 is 16.2 Å². The Morgan fingerprint density at radius 2 is 0.481 bits per heavy atom. The van der Waals surface area contributed by atoms with Crippen LogP contribution >= 0.6 is 0 Å². The van der Waals surface area contributed by atoms with E-state index in [-0.39, 0.29) is 0 Å². The Kier molecular flexibility index (Phi) is 3.00. The van der Waals surface area contributed by atoms with Gasteiger partial charge in [0.05, 0.1) is 10.8 Å². The molecule has 26 aromatic carbocycles. The SMILES string of the molecule is c1ccc(C[C@]23[C]4[C]5[C]6[C]7[C]4[C@]4(c8ccccc8)c8c2c2c9c3c3c5c5c%10c6c6c%11c%12c%13c(c4c4c8c8c2c2c%14c9c9c3c5c3c5c%10c6c6c%12c%10c%12c%13c4c4c8c2c2c(c4%12)c4c%10c6c5c5c3c9c%14c2c54)[C@@]7%11c2ccccc2)cc1. The van der Waals surface area contributed by atoms with Crippen LogP contribution in [0, 0.1) is 29.6 Å². The molecule has 0 N–H and O–H groups in total. The van der Waals surface area contributed by atoms with Gasteiger partial charge in [-0.05, 0) is 305 Å². The fourth-order valence-electron chi connectivity index (χ4n) is 27.2. The van der Waals surface area contributed by atoms with Crippen molar-refractivity contribution in [3.8, 4) is 0 Å². The van der Waals surface area contributed by atoms with E-state index in [2.05, 4.69) is 91.0 Å². The maximum absolute atomic E-state index is 2.63. The van der Waals surface area contributed by atoms with Crippen molar-refractivity contribution in [2.24, 2.45) is 0 Å². The summed E-state index contributed by atoms with van der Waals surface area (Å²) in [6.45, 7) is 0. The molecule has 0 saturated heterocycles. The second kappa shape index (κ2) is 7.57. The molecule has 1 fully saturated rings. The summed E-state index contributed by atoms with van der Waals surface area (Å²) < 4.78 is 0. The molecule has 0 nitrogen and oxygen atoms in total. The van der Waals surface area contributed by atoms with Crippen LogP contribution in [0.15, 0.2) is 91.0 Å². The lowest BCUT2D eigenvalue weighted by molar-refractivity contribution is 0.428. The molecule has 0 aliphatic heterocycles. The second-order valence-electron chi connectivity index (χ2n) is 28.2. The van der Waals surface area contributed by atoms with Gasteiger partial charge in [0.15, 0.2) is 0 Å². The zero-order valence-electron chi connectivity index (χ0n) is 40.9. The summed E-state index contributed by atoms with van der Waals surface area (Å²) >= 11 is 0. The molecule has 0 unspecified atom stereocenters. The molecule has 0 aromatic heterocycles. The van der Waals surface area contributed by atoms with Gasteiger partial charge in [0, 0.05) is 35.0 Å². The van der Waals surface area contributed by atoms with Crippen molar-refractivity contribution in [1.29, 1.82) is 0 Å². The van der Waals surface area contributed by atoms with Gasteiger partial charge in [0.25, 0.3) is 0 Å². The molecule has 0 amide bonds. The maximum atomic E-state index is 2.63. The Morgan fingerprint density at radius 1 is 0.203 bits per heavy atom. The topological polar surface area (TPSA) is 0 Å². The van der Waals surface area contributed by atoms with Gasteiger partial charge in [-0.1, -0.05) is 91.0 Å². The number of rotatable bonds is 4. The van der Waals surface area contributed by atoms with Gasteiger partial charge >= 0.3 is 0 Å². The summed E-state index contributed by atoms with van der Waals surface area (Å²) in [4.78, 5) is 0. The van der Waals surface area contributed by atoms with Crippen LogP contribution in [0.1, 0.15) is 61.2 Å². The summed E-state index contributed by atoms with van der Waals surface area (Å²) in [6.07, 6.45) is 0.972. The quantitative estimate of drug-likeness (QED) is 0.154. The van der Waals surface area contributed by atoms with Crippen LogP contribution in [0.5, 0.6) is 0 Å². The Morgan fingerprint density at radius 3 is 0.899 bits per heavy atom. The van der Waals surface area contributed by atoms with Crippen molar-refractivity contribution in [2.45, 2.75) is 22.7 Å². The highest BCUT2D eigenvalue weighted by Crippen LogP contribution is 2.93. The van der Waals surface area contributed by atoms with Crippen LogP contribution in [-0.4, -0.2) is 0 Å². The first-order valence-corrected chi connectivity index (χ1v) is 29.4. The van der Waals surface area contributed by atoms with E-state index in [1.807, 2.05) is 0 Å². The van der Waals surface area contributed by atoms with Crippen molar-refractivity contribution < 1.29 is 0 Å². The highest BCUT2D eigenvalue weighted by atomic mass is 14.8. The highest BCUT2D eigenvalue weighted by Gasteiger charge is 2.83. The molecule has 79 heavy (non-hydrogen) atoms. The summed E-state index contributed by atoms with van der Waals surface area (Å²) in [6, 6.07) is 36.8. The van der Waals surface area contributed by atoms with E-state index in [4.69, 9.17) is 0 Å². The monoisotopic (exact) mass is 965 g/mol. The van der Waals surface area contributed by atoms with Crippen molar-refractivity contribution >= 4 is 237 Å². The summed E-state index contributed by atoms with van der Waals surface area (Å²) in [5, 5.41) is 72.5. The van der Waals surface area contributed by atoms with Crippen LogP contribution in [0.25, 0.3) is 237 Å². The molecule has 0 heteroatoms. The van der Waals surface area contributed by atoms with E-state index in [0.717, 1.165) is 6.42 Å². The predicted octanol–water partition coefficient (Wildman–Crippen LogP) is 19.0. The number of hydrogen-bond donors (Lipinski definition) is 0. The van der Waals surface area contributed by atoms with Gasteiger partial charge in [0.2, 0.25) is 0 Å². The van der Waals surface area contributed by atoms with E-state index in [9.17, 15) is 0 Å². The number of hydrogen-bond acceptors (Lipinski definition) is 0. The smallest absolute Gasteiger partial charge is 0.0551 e. The zero-order valence-corrected chi connectivity index (χ0v) is 40.9. The molecule has 35 rings (SSSR count). The van der Waals surface area contributed by atoms with Crippen molar-refractivity contribution in [3.05, 3.63) is 182 Å². The fourth-order valence-corrected chi connectivity index (χ4v) is 27.2. The van der Waals surface area contributed by atoms with Gasteiger partial charge in [0.1, 0.15) is 0 Å². The van der Waals surface area contributed by atoms with E-state index in [0.29, 0.717) is 0 Å². The van der Waals surface area contributed by atoms with E-state index >= 15 is 0 Å². The molecule has 0 bridgehead atoms. The van der Waals surface area contributed by atoms with Gasteiger partial charge in [-0.25, -0.2) is 0 Å². The van der Waals surface area contributed by atoms with Crippen LogP contribution < -0.4 is 0 Å². The Hall–Kier alpha value is -9.10. The molecular weight excluding hydrogens is 949 g/mol. The first-order valence-electron chi connectivity index (χ1n) is 29.4. The first-order chi connectivity index (χ1) is 39.4. The van der Waals surface area contributed by atoms with Crippen LogP contribution in [0.4, 0.5) is 0 Å².